The molecule has 7 aromatic carbocycles. The highest BCUT2D eigenvalue weighted by molar-refractivity contribution is 7.99. The molecule has 0 aliphatic carbocycles. The van der Waals surface area contributed by atoms with Gasteiger partial charge in [-0.25, -0.2) is 60.7 Å². The van der Waals surface area contributed by atoms with E-state index >= 15 is 0 Å². The Hall–Kier alpha value is -4.91. The van der Waals surface area contributed by atoms with E-state index in [-0.39, 0.29) is 32.1 Å². The quantitative estimate of drug-likeness (QED) is 0.0365. The third kappa shape index (κ3) is 12.2. The zero-order chi connectivity index (χ0) is 46.2. The number of halogens is 11. The minimum absolute atomic E-state index is 0.0976. The van der Waals surface area contributed by atoms with E-state index < -0.39 is 88.2 Å². The Kier molecular flexibility index (Phi) is 16.5. The molecule has 63 heavy (non-hydrogen) atoms. The summed E-state index contributed by atoms with van der Waals surface area (Å²) >= 11 is 1.72. The van der Waals surface area contributed by atoms with Crippen molar-refractivity contribution in [1.82, 2.24) is 0 Å². The number of benzene rings is 7. The fourth-order valence-electron chi connectivity index (χ4n) is 5.08. The normalized spacial score (nSPS) is 11.4. The van der Waals surface area contributed by atoms with Gasteiger partial charge in [-0.3, -0.25) is 0 Å². The minimum atomic E-state index is -5.77. The van der Waals surface area contributed by atoms with Crippen molar-refractivity contribution in [2.75, 3.05) is 0 Å². The summed E-state index contributed by atoms with van der Waals surface area (Å²) in [6, 6.07) is 50.6. The standard InChI is InChI=1S/C30H23IS2.2C6HF5O3S/c1-4-10-24(11-5-1)31-25-16-18-26(19-17-25)32-27-20-22-30(23-21-27)33(28-12-6-2-7-13-28)29-14-8-3-9-15-29;2*7-1-2(8)4(10)6(15(12,13)14)5(11)3(1)9/h1-23H;2*(H,12,13,14)/q+2;;/p-2. The number of rotatable bonds is 9. The Bertz CT molecular complexity index is 2750. The molecule has 0 radical (unpaired) electrons. The van der Waals surface area contributed by atoms with Gasteiger partial charge in [0.15, 0.2) is 68.4 Å². The van der Waals surface area contributed by atoms with Gasteiger partial charge in [-0.2, -0.15) is 0 Å². The molecule has 0 N–H and O–H groups in total. The fourth-order valence-corrected chi connectivity index (χ4v) is 11.4. The number of hydrogen-bond donors (Lipinski definition) is 0. The average molecular weight is 1070 g/mol. The Balaban J connectivity index is 0.000000208. The van der Waals surface area contributed by atoms with E-state index in [2.05, 4.69) is 140 Å². The molecule has 6 nitrogen and oxygen atoms in total. The molecule has 0 aromatic heterocycles. The van der Waals surface area contributed by atoms with Crippen molar-refractivity contribution in [3.63, 3.8) is 0 Å². The van der Waals surface area contributed by atoms with Crippen molar-refractivity contribution in [2.45, 2.75) is 34.3 Å². The van der Waals surface area contributed by atoms with Crippen molar-refractivity contribution in [3.05, 3.63) is 205 Å². The molecule has 0 saturated carbocycles. The molecule has 0 amide bonds. The van der Waals surface area contributed by atoms with Crippen molar-refractivity contribution in [2.24, 2.45) is 0 Å². The van der Waals surface area contributed by atoms with Crippen LogP contribution in [0.4, 0.5) is 43.9 Å². The predicted molar refractivity (Wildman–Crippen MR) is 204 cm³/mol. The summed E-state index contributed by atoms with van der Waals surface area (Å²) in [5.74, 6) is -25.7. The van der Waals surface area contributed by atoms with E-state index in [9.17, 15) is 69.8 Å². The molecule has 0 aliphatic rings. The van der Waals surface area contributed by atoms with Crippen LogP contribution < -0.4 is 21.2 Å². The van der Waals surface area contributed by atoms with E-state index in [0.29, 0.717) is 0 Å². The second kappa shape index (κ2) is 21.2. The predicted octanol–water partition coefficient (Wildman–Crippen LogP) is 7.63. The first-order valence-electron chi connectivity index (χ1n) is 17.1. The van der Waals surface area contributed by atoms with E-state index in [1.165, 1.54) is 31.6 Å². The lowest BCUT2D eigenvalue weighted by Crippen LogP contribution is -3.61. The van der Waals surface area contributed by atoms with Crippen LogP contribution in [0.2, 0.25) is 0 Å². The molecule has 0 saturated heterocycles. The summed E-state index contributed by atoms with van der Waals surface area (Å²) in [6.45, 7) is 0. The molecular formula is C42H23F10IO6S4. The fraction of sp³-hybridized carbons (Fsp3) is 0. The molecule has 0 fully saturated rings. The summed E-state index contributed by atoms with van der Waals surface area (Å²) in [4.78, 5) is 1.85. The lowest BCUT2D eigenvalue weighted by atomic mass is 10.3. The molecule has 328 valence electrons. The largest absolute Gasteiger partial charge is 0.744 e. The molecule has 0 atom stereocenters. The maximum absolute atomic E-state index is 12.6. The van der Waals surface area contributed by atoms with Gasteiger partial charge in [-0.05, 0) is 84.9 Å². The third-order valence-corrected chi connectivity index (χ3v) is 15.5. The average Bonchev–Trinajstić information content (AvgIpc) is 3.26. The molecule has 7 aromatic rings. The lowest BCUT2D eigenvalue weighted by Gasteiger charge is -2.10. The first-order valence-corrected chi connectivity index (χ1v) is 24.1. The van der Waals surface area contributed by atoms with Crippen molar-refractivity contribution in [1.29, 1.82) is 0 Å². The molecule has 0 spiro atoms. The van der Waals surface area contributed by atoms with Gasteiger partial charge in [0.1, 0.15) is 30.0 Å². The third-order valence-electron chi connectivity index (χ3n) is 7.86. The molecular weight excluding hydrogens is 1050 g/mol. The highest BCUT2D eigenvalue weighted by Gasteiger charge is 2.31. The second-order valence-electron chi connectivity index (χ2n) is 12.1. The van der Waals surface area contributed by atoms with Crippen LogP contribution in [0.15, 0.2) is 174 Å². The van der Waals surface area contributed by atoms with Crippen LogP contribution in [0.25, 0.3) is 0 Å². The Morgan fingerprint density at radius 3 is 0.968 bits per heavy atom. The summed E-state index contributed by atoms with van der Waals surface area (Å²) < 4.78 is 189. The van der Waals surface area contributed by atoms with Crippen LogP contribution in [-0.4, -0.2) is 25.9 Å². The van der Waals surface area contributed by atoms with Crippen LogP contribution in [0.3, 0.4) is 0 Å². The molecule has 21 heteroatoms. The highest BCUT2D eigenvalue weighted by Crippen LogP contribution is 2.34. The van der Waals surface area contributed by atoms with Gasteiger partial charge in [0.05, 0.1) is 10.9 Å². The SMILES string of the molecule is O=S(=O)([O-])c1c(F)c(F)c(F)c(F)c1F.O=S(=O)([O-])c1c(F)c(F)c(F)c(F)c1F.c1ccc([I+]c2ccc(Sc3ccc([S+](c4ccccc4)c4ccccc4)cc3)cc2)cc1. The van der Waals surface area contributed by atoms with Gasteiger partial charge in [0.2, 0.25) is 11.6 Å². The monoisotopic (exact) mass is 1070 g/mol. The van der Waals surface area contributed by atoms with Crippen molar-refractivity contribution < 1.29 is 91.1 Å². The topological polar surface area (TPSA) is 114 Å². The van der Waals surface area contributed by atoms with E-state index in [0.717, 1.165) is 0 Å². The lowest BCUT2D eigenvalue weighted by molar-refractivity contribution is -0.597. The molecule has 0 heterocycles. The van der Waals surface area contributed by atoms with Crippen LogP contribution in [0, 0.1) is 65.3 Å². The summed E-state index contributed by atoms with van der Waals surface area (Å²) in [7, 11) is -11.6. The van der Waals surface area contributed by atoms with Crippen LogP contribution in [-0.2, 0) is 31.1 Å². The van der Waals surface area contributed by atoms with Gasteiger partial charge in [0, 0.05) is 9.79 Å². The Morgan fingerprint density at radius 2 is 0.635 bits per heavy atom. The van der Waals surface area contributed by atoms with E-state index in [1.807, 2.05) is 11.8 Å². The molecule has 0 aliphatic heterocycles. The van der Waals surface area contributed by atoms with E-state index in [1.54, 1.807) is 0 Å². The molecule has 7 rings (SSSR count). The maximum atomic E-state index is 12.6. The highest BCUT2D eigenvalue weighted by atomic mass is 127. The molecule has 0 bridgehead atoms. The van der Waals surface area contributed by atoms with Crippen LogP contribution in [0.5, 0.6) is 0 Å². The van der Waals surface area contributed by atoms with Gasteiger partial charge < -0.3 is 9.11 Å². The summed E-state index contributed by atoms with van der Waals surface area (Å²) in [6.07, 6.45) is 0. The van der Waals surface area contributed by atoms with Gasteiger partial charge in [0.25, 0.3) is 0 Å². The van der Waals surface area contributed by atoms with Crippen LogP contribution in [0.1, 0.15) is 0 Å². The number of hydrogen-bond acceptors (Lipinski definition) is 7. The zero-order valence-electron chi connectivity index (χ0n) is 31.0. The van der Waals surface area contributed by atoms with Gasteiger partial charge >= 0.3 is 21.2 Å². The van der Waals surface area contributed by atoms with Crippen molar-refractivity contribution in [3.8, 4) is 0 Å². The maximum Gasteiger partial charge on any atom is 0.357 e. The smallest absolute Gasteiger partial charge is 0.357 e. The first kappa shape index (κ1) is 49.1. The summed E-state index contributed by atoms with van der Waals surface area (Å²) in [5, 5.41) is 0. The van der Waals surface area contributed by atoms with Crippen LogP contribution >= 0.6 is 11.8 Å². The summed E-state index contributed by atoms with van der Waals surface area (Å²) in [5.41, 5.74) is 0. The Morgan fingerprint density at radius 1 is 0.365 bits per heavy atom. The second-order valence-corrected chi connectivity index (χ2v) is 20.9. The molecule has 0 unspecified atom stereocenters. The van der Waals surface area contributed by atoms with Gasteiger partial charge in [-0.15, -0.1) is 0 Å². The van der Waals surface area contributed by atoms with Gasteiger partial charge in [-0.1, -0.05) is 66.4 Å². The van der Waals surface area contributed by atoms with Crippen molar-refractivity contribution >= 4 is 42.9 Å². The zero-order valence-corrected chi connectivity index (χ0v) is 36.4. The van der Waals surface area contributed by atoms with E-state index in [4.69, 9.17) is 0 Å². The Labute approximate surface area is 370 Å². The first-order chi connectivity index (χ1) is 29.7. The minimum Gasteiger partial charge on any atom is -0.744 e.